The predicted molar refractivity (Wildman–Crippen MR) is 73.1 cm³/mol. The second-order valence-corrected chi connectivity index (χ2v) is 5.73. The zero-order chi connectivity index (χ0) is 13.3. The molecular weight excluding hydrogens is 252 g/mol. The summed E-state index contributed by atoms with van der Waals surface area (Å²) in [6, 6.07) is 4.74. The number of halogens is 1. The van der Waals surface area contributed by atoms with Crippen LogP contribution in [0.3, 0.4) is 0 Å². The van der Waals surface area contributed by atoms with E-state index in [1.54, 1.807) is 12.1 Å². The van der Waals surface area contributed by atoms with Crippen LogP contribution in [0.25, 0.3) is 0 Å². The molecule has 0 bridgehead atoms. The minimum atomic E-state index is -0.400. The summed E-state index contributed by atoms with van der Waals surface area (Å²) < 4.78 is 0. The summed E-state index contributed by atoms with van der Waals surface area (Å²) in [6.07, 6.45) is 2.39. The third kappa shape index (κ3) is 2.58. The molecule has 0 unspecified atom stereocenters. The standard InChI is InChI=1S/C13H17ClN2O2/c1-9(2)13(5-6-13)8-15-11-4-3-10(14)7-12(11)16(17)18/h3-4,7,9,15H,5-6,8H2,1-2H3. The van der Waals surface area contributed by atoms with Gasteiger partial charge in [0.05, 0.1) is 4.92 Å². The van der Waals surface area contributed by atoms with E-state index in [9.17, 15) is 10.1 Å². The van der Waals surface area contributed by atoms with Gasteiger partial charge >= 0.3 is 0 Å². The molecule has 0 radical (unpaired) electrons. The fourth-order valence-corrected chi connectivity index (χ4v) is 2.36. The molecule has 1 fully saturated rings. The zero-order valence-corrected chi connectivity index (χ0v) is 11.3. The molecule has 2 rings (SSSR count). The predicted octanol–water partition coefficient (Wildman–Crippen LogP) is 4.10. The fourth-order valence-electron chi connectivity index (χ4n) is 2.20. The Morgan fingerprint density at radius 3 is 2.67 bits per heavy atom. The highest BCUT2D eigenvalue weighted by molar-refractivity contribution is 6.30. The van der Waals surface area contributed by atoms with Crippen LogP contribution in [0.5, 0.6) is 0 Å². The molecule has 1 aliphatic rings. The van der Waals surface area contributed by atoms with Crippen molar-refractivity contribution < 1.29 is 4.92 Å². The van der Waals surface area contributed by atoms with Gasteiger partial charge in [-0.15, -0.1) is 0 Å². The molecule has 0 saturated heterocycles. The zero-order valence-electron chi connectivity index (χ0n) is 10.6. The highest BCUT2D eigenvalue weighted by atomic mass is 35.5. The van der Waals surface area contributed by atoms with E-state index in [-0.39, 0.29) is 5.69 Å². The summed E-state index contributed by atoms with van der Waals surface area (Å²) in [5, 5.41) is 14.5. The van der Waals surface area contributed by atoms with E-state index in [0.717, 1.165) is 6.54 Å². The third-order valence-electron chi connectivity index (χ3n) is 3.90. The van der Waals surface area contributed by atoms with Crippen molar-refractivity contribution in [1.82, 2.24) is 0 Å². The van der Waals surface area contributed by atoms with Gasteiger partial charge in [-0.05, 0) is 36.3 Å². The van der Waals surface area contributed by atoms with Crippen LogP contribution in [0, 0.1) is 21.4 Å². The quantitative estimate of drug-likeness (QED) is 0.646. The topological polar surface area (TPSA) is 55.2 Å². The van der Waals surface area contributed by atoms with Crippen molar-refractivity contribution in [2.45, 2.75) is 26.7 Å². The SMILES string of the molecule is CC(C)C1(CNc2ccc(Cl)cc2[N+](=O)[O-])CC1. The molecule has 0 heterocycles. The first kappa shape index (κ1) is 13.1. The first-order valence-corrected chi connectivity index (χ1v) is 6.50. The van der Waals surface area contributed by atoms with Crippen LogP contribution >= 0.6 is 11.6 Å². The number of rotatable bonds is 5. The Morgan fingerprint density at radius 2 is 2.17 bits per heavy atom. The van der Waals surface area contributed by atoms with Gasteiger partial charge in [0, 0.05) is 17.6 Å². The lowest BCUT2D eigenvalue weighted by atomic mass is 9.92. The second kappa shape index (κ2) is 4.76. The number of nitrogens with zero attached hydrogens (tertiary/aromatic N) is 1. The van der Waals surface area contributed by atoms with Crippen molar-refractivity contribution in [3.05, 3.63) is 33.3 Å². The van der Waals surface area contributed by atoms with Crippen molar-refractivity contribution >= 4 is 23.0 Å². The van der Waals surface area contributed by atoms with E-state index in [4.69, 9.17) is 11.6 Å². The Balaban J connectivity index is 2.12. The van der Waals surface area contributed by atoms with E-state index >= 15 is 0 Å². The summed E-state index contributed by atoms with van der Waals surface area (Å²) in [7, 11) is 0. The van der Waals surface area contributed by atoms with Crippen LogP contribution in [-0.2, 0) is 0 Å². The van der Waals surface area contributed by atoms with Gasteiger partial charge in [-0.1, -0.05) is 25.4 Å². The molecule has 0 aliphatic heterocycles. The highest BCUT2D eigenvalue weighted by Gasteiger charge is 2.45. The van der Waals surface area contributed by atoms with Gasteiger partial charge in [-0.3, -0.25) is 10.1 Å². The number of anilines is 1. The molecule has 1 N–H and O–H groups in total. The molecule has 0 spiro atoms. The average Bonchev–Trinajstić information content (AvgIpc) is 3.08. The van der Waals surface area contributed by atoms with Crippen molar-refractivity contribution in [2.24, 2.45) is 11.3 Å². The molecular formula is C13H17ClN2O2. The van der Waals surface area contributed by atoms with E-state index in [0.29, 0.717) is 22.0 Å². The average molecular weight is 269 g/mol. The minimum Gasteiger partial charge on any atom is -0.379 e. The van der Waals surface area contributed by atoms with Crippen LogP contribution in [-0.4, -0.2) is 11.5 Å². The number of nitro groups is 1. The van der Waals surface area contributed by atoms with Gasteiger partial charge in [0.15, 0.2) is 0 Å². The molecule has 0 aromatic heterocycles. The largest absolute Gasteiger partial charge is 0.379 e. The Labute approximate surface area is 111 Å². The van der Waals surface area contributed by atoms with Crippen molar-refractivity contribution in [3.8, 4) is 0 Å². The van der Waals surface area contributed by atoms with Gasteiger partial charge in [0.1, 0.15) is 5.69 Å². The molecule has 1 aliphatic carbocycles. The van der Waals surface area contributed by atoms with Crippen LogP contribution in [0.2, 0.25) is 5.02 Å². The summed E-state index contributed by atoms with van der Waals surface area (Å²) in [5.74, 6) is 0.594. The molecule has 1 saturated carbocycles. The van der Waals surface area contributed by atoms with E-state index in [1.807, 2.05) is 0 Å². The summed E-state index contributed by atoms with van der Waals surface area (Å²) in [4.78, 5) is 10.6. The van der Waals surface area contributed by atoms with Crippen molar-refractivity contribution in [3.63, 3.8) is 0 Å². The maximum Gasteiger partial charge on any atom is 0.293 e. The minimum absolute atomic E-state index is 0.0436. The Hall–Kier alpha value is -1.29. The van der Waals surface area contributed by atoms with Gasteiger partial charge in [-0.25, -0.2) is 0 Å². The van der Waals surface area contributed by atoms with Gasteiger partial charge < -0.3 is 5.32 Å². The number of benzene rings is 1. The molecule has 0 atom stereocenters. The van der Waals surface area contributed by atoms with Gasteiger partial charge in [-0.2, -0.15) is 0 Å². The lowest BCUT2D eigenvalue weighted by Crippen LogP contribution is -2.21. The lowest BCUT2D eigenvalue weighted by Gasteiger charge is -2.20. The number of hydrogen-bond acceptors (Lipinski definition) is 3. The molecule has 18 heavy (non-hydrogen) atoms. The van der Waals surface area contributed by atoms with E-state index in [1.165, 1.54) is 18.9 Å². The van der Waals surface area contributed by atoms with Crippen LogP contribution in [0.4, 0.5) is 11.4 Å². The van der Waals surface area contributed by atoms with Crippen LogP contribution in [0.1, 0.15) is 26.7 Å². The Bertz CT molecular complexity index is 470. The first-order chi connectivity index (χ1) is 8.44. The second-order valence-electron chi connectivity index (χ2n) is 5.29. The normalized spacial score (nSPS) is 16.7. The monoisotopic (exact) mass is 268 g/mol. The number of hydrogen-bond donors (Lipinski definition) is 1. The first-order valence-electron chi connectivity index (χ1n) is 6.12. The fraction of sp³-hybridized carbons (Fsp3) is 0.538. The summed E-state index contributed by atoms with van der Waals surface area (Å²) >= 11 is 5.78. The van der Waals surface area contributed by atoms with Gasteiger partial charge in [0.2, 0.25) is 0 Å². The Kier molecular flexibility index (Phi) is 3.48. The highest BCUT2D eigenvalue weighted by Crippen LogP contribution is 2.51. The Morgan fingerprint density at radius 1 is 1.50 bits per heavy atom. The molecule has 1 aromatic rings. The smallest absolute Gasteiger partial charge is 0.293 e. The van der Waals surface area contributed by atoms with E-state index < -0.39 is 4.92 Å². The number of nitrogens with one attached hydrogen (secondary N) is 1. The molecule has 4 nitrogen and oxygen atoms in total. The van der Waals surface area contributed by atoms with Crippen LogP contribution in [0.15, 0.2) is 18.2 Å². The van der Waals surface area contributed by atoms with Gasteiger partial charge in [0.25, 0.3) is 5.69 Å². The number of nitro benzene ring substituents is 1. The lowest BCUT2D eigenvalue weighted by molar-refractivity contribution is -0.383. The molecule has 98 valence electrons. The van der Waals surface area contributed by atoms with E-state index in [2.05, 4.69) is 19.2 Å². The third-order valence-corrected chi connectivity index (χ3v) is 4.14. The maximum absolute atomic E-state index is 11.0. The maximum atomic E-state index is 11.0. The molecule has 1 aromatic carbocycles. The van der Waals surface area contributed by atoms with Crippen molar-refractivity contribution in [1.29, 1.82) is 0 Å². The summed E-state index contributed by atoms with van der Waals surface area (Å²) in [6.45, 7) is 5.18. The summed E-state index contributed by atoms with van der Waals surface area (Å²) in [5.41, 5.74) is 0.909. The molecule has 0 amide bonds. The molecule has 5 heteroatoms. The van der Waals surface area contributed by atoms with Crippen LogP contribution < -0.4 is 5.32 Å². The van der Waals surface area contributed by atoms with Crippen molar-refractivity contribution in [2.75, 3.05) is 11.9 Å².